The molecule has 0 saturated carbocycles. The zero-order valence-electron chi connectivity index (χ0n) is 22.1. The molecule has 0 radical (unpaired) electrons. The molecule has 0 bridgehead atoms. The molecule has 0 aliphatic heterocycles. The van der Waals surface area contributed by atoms with E-state index in [0.717, 1.165) is 46.2 Å². The fraction of sp³-hybridized carbons (Fsp3) is 0.231. The predicted octanol–water partition coefficient (Wildman–Crippen LogP) is 6.17. The van der Waals surface area contributed by atoms with Crippen LogP contribution in [0.3, 0.4) is 0 Å². The second-order valence-corrected chi connectivity index (χ2v) is 11.2. The van der Waals surface area contributed by atoms with Crippen LogP contribution in [0.15, 0.2) is 42.6 Å². The Hall–Kier alpha value is -3.43. The number of benzene rings is 2. The van der Waals surface area contributed by atoms with Crippen molar-refractivity contribution in [2.75, 3.05) is 28.4 Å². The van der Waals surface area contributed by atoms with E-state index in [0.29, 0.717) is 23.0 Å². The van der Waals surface area contributed by atoms with Crippen LogP contribution < -0.4 is 18.9 Å². The van der Waals surface area contributed by atoms with Crippen LogP contribution in [0.4, 0.5) is 0 Å². The third kappa shape index (κ3) is 5.38. The Balaban J connectivity index is 0.000000158. The first-order valence-electron chi connectivity index (χ1n) is 11.6. The van der Waals surface area contributed by atoms with Crippen molar-refractivity contribution in [3.8, 4) is 44.1 Å². The largest absolute Gasteiger partial charge is 0.493 e. The molecule has 4 heterocycles. The van der Waals surface area contributed by atoms with Gasteiger partial charge in [0.05, 0.1) is 46.0 Å². The summed E-state index contributed by atoms with van der Waals surface area (Å²) in [5, 5.41) is 10.9. The lowest BCUT2D eigenvalue weighted by Gasteiger charge is -2.07. The molecule has 13 heteroatoms. The molecule has 0 amide bonds. The molecule has 0 aliphatic rings. The summed E-state index contributed by atoms with van der Waals surface area (Å²) in [7, 11) is 6.50. The zero-order chi connectivity index (χ0) is 27.7. The average molecular weight is 677 g/mol. The van der Waals surface area contributed by atoms with E-state index in [9.17, 15) is 0 Å². The van der Waals surface area contributed by atoms with Gasteiger partial charge in [-0.05, 0) is 72.8 Å². The minimum atomic E-state index is 0.698. The van der Waals surface area contributed by atoms with E-state index >= 15 is 0 Å². The number of methoxy groups -OCH3 is 4. The summed E-state index contributed by atoms with van der Waals surface area (Å²) in [6.45, 7) is 3.94. The number of imidazole rings is 2. The van der Waals surface area contributed by atoms with Crippen molar-refractivity contribution >= 4 is 55.2 Å². The van der Waals surface area contributed by atoms with Crippen LogP contribution in [0, 0.1) is 17.5 Å². The monoisotopic (exact) mass is 676 g/mol. The maximum absolute atomic E-state index is 5.32. The molecule has 0 saturated heterocycles. The summed E-state index contributed by atoms with van der Waals surface area (Å²) in [6.07, 6.45) is 1.91. The molecule has 0 N–H and O–H groups in total. The van der Waals surface area contributed by atoms with Gasteiger partial charge in [-0.2, -0.15) is 14.7 Å². The van der Waals surface area contributed by atoms with Crippen LogP contribution in [0.2, 0.25) is 0 Å². The molecule has 6 rings (SSSR count). The lowest BCUT2D eigenvalue weighted by atomic mass is 10.2. The molecule has 2 aromatic carbocycles. The number of hydrogen-bond acceptors (Lipinski definition) is 10. The molecule has 202 valence electrons. The van der Waals surface area contributed by atoms with Gasteiger partial charge >= 0.3 is 0 Å². The first-order chi connectivity index (χ1) is 18.8. The first-order valence-corrected chi connectivity index (χ1v) is 14.4. The Morgan fingerprint density at radius 2 is 1.23 bits per heavy atom. The molecule has 0 aliphatic carbocycles. The highest BCUT2D eigenvalue weighted by molar-refractivity contribution is 14.1. The quantitative estimate of drug-likeness (QED) is 0.193. The van der Waals surface area contributed by atoms with Crippen molar-refractivity contribution in [3.05, 3.63) is 57.7 Å². The lowest BCUT2D eigenvalue weighted by molar-refractivity contribution is 0.355. The highest BCUT2D eigenvalue weighted by Crippen LogP contribution is 2.35. The minimum absolute atomic E-state index is 0.698. The molecule has 0 spiro atoms. The van der Waals surface area contributed by atoms with Gasteiger partial charge in [0.15, 0.2) is 23.0 Å². The van der Waals surface area contributed by atoms with Crippen molar-refractivity contribution in [2.45, 2.75) is 13.8 Å². The molecule has 10 nitrogen and oxygen atoms in total. The van der Waals surface area contributed by atoms with Gasteiger partial charge in [-0.3, -0.25) is 0 Å². The molecular formula is C26H25IN6O4S2. The second kappa shape index (κ2) is 11.4. The van der Waals surface area contributed by atoms with Crippen molar-refractivity contribution in [1.82, 2.24) is 29.2 Å². The van der Waals surface area contributed by atoms with Crippen LogP contribution in [0.1, 0.15) is 11.4 Å². The normalized spacial score (nSPS) is 10.9. The number of aromatic nitrogens is 6. The molecule has 4 aromatic heterocycles. The number of nitrogens with zero attached hydrogens (tertiary/aromatic N) is 6. The number of rotatable bonds is 6. The molecule has 0 atom stereocenters. The smallest absolute Gasteiger partial charge is 0.213 e. The topological polar surface area (TPSA) is 97.3 Å². The van der Waals surface area contributed by atoms with E-state index in [1.54, 1.807) is 55.6 Å². The number of halogens is 1. The molecular weight excluding hydrogens is 651 g/mol. The highest BCUT2D eigenvalue weighted by Gasteiger charge is 2.15. The number of ether oxygens (including phenoxy) is 4. The Morgan fingerprint density at radius 1 is 0.692 bits per heavy atom. The Morgan fingerprint density at radius 3 is 1.74 bits per heavy atom. The van der Waals surface area contributed by atoms with Gasteiger partial charge in [0.2, 0.25) is 9.92 Å². The molecule has 6 aromatic rings. The molecule has 0 fully saturated rings. The minimum Gasteiger partial charge on any atom is -0.493 e. The van der Waals surface area contributed by atoms with Crippen LogP contribution in [0.5, 0.6) is 23.0 Å². The third-order valence-corrected chi connectivity index (χ3v) is 8.90. The summed E-state index contributed by atoms with van der Waals surface area (Å²) in [6, 6.07) is 11.5. The second-order valence-electron chi connectivity index (χ2n) is 8.25. The van der Waals surface area contributed by atoms with Crippen LogP contribution in [-0.4, -0.2) is 57.6 Å². The van der Waals surface area contributed by atoms with E-state index < -0.39 is 0 Å². The fourth-order valence-corrected chi connectivity index (χ4v) is 6.29. The third-order valence-electron chi connectivity index (χ3n) is 5.73. The Bertz CT molecular complexity index is 1740. The zero-order valence-corrected chi connectivity index (χ0v) is 25.8. The maximum atomic E-state index is 5.32. The van der Waals surface area contributed by atoms with Crippen molar-refractivity contribution in [2.24, 2.45) is 0 Å². The van der Waals surface area contributed by atoms with E-state index in [-0.39, 0.29) is 0 Å². The summed E-state index contributed by atoms with van der Waals surface area (Å²) in [5.74, 6) is 2.82. The first kappa shape index (κ1) is 27.1. The number of aryl methyl sites for hydroxylation is 2. The van der Waals surface area contributed by atoms with Gasteiger partial charge in [-0.15, -0.1) is 0 Å². The highest BCUT2D eigenvalue weighted by atomic mass is 127. The SMILES string of the molecule is COc1ccc(-c2nn3c(I)c(C)nc3s2)cc1OC.COc1ccc(-c2nn3cc(C)nc3s2)cc1OC. The summed E-state index contributed by atoms with van der Waals surface area (Å²) >= 11 is 5.36. The summed E-state index contributed by atoms with van der Waals surface area (Å²) in [5.41, 5.74) is 3.96. The van der Waals surface area contributed by atoms with E-state index in [2.05, 4.69) is 42.8 Å². The lowest BCUT2D eigenvalue weighted by Crippen LogP contribution is -1.92. The van der Waals surface area contributed by atoms with E-state index in [1.165, 1.54) is 0 Å². The predicted molar refractivity (Wildman–Crippen MR) is 161 cm³/mol. The maximum Gasteiger partial charge on any atom is 0.213 e. The average Bonchev–Trinajstić information content (AvgIpc) is 3.69. The Labute approximate surface area is 246 Å². The van der Waals surface area contributed by atoms with Gasteiger partial charge < -0.3 is 18.9 Å². The summed E-state index contributed by atoms with van der Waals surface area (Å²) in [4.78, 5) is 10.7. The standard InChI is InChI=1S/C13H12IN3O2S.C13H13N3O2S/c1-7-11(14)17-13(15-7)20-12(16-17)8-4-5-9(18-2)10(6-8)19-3;1-8-7-16-13(14-8)19-12(15-16)9-4-5-10(17-2)11(6-9)18-3/h4-6H,1-3H3;4-7H,1-3H3. The van der Waals surface area contributed by atoms with E-state index in [4.69, 9.17) is 18.9 Å². The van der Waals surface area contributed by atoms with Crippen molar-refractivity contribution in [3.63, 3.8) is 0 Å². The Kier molecular flexibility index (Phi) is 7.91. The van der Waals surface area contributed by atoms with Crippen molar-refractivity contribution < 1.29 is 18.9 Å². The fourth-order valence-electron chi connectivity index (χ4n) is 3.81. The van der Waals surface area contributed by atoms with Gasteiger partial charge in [0.25, 0.3) is 0 Å². The number of fused-ring (bicyclic) bond motifs is 2. The van der Waals surface area contributed by atoms with Gasteiger partial charge in [0, 0.05) is 11.1 Å². The van der Waals surface area contributed by atoms with Crippen LogP contribution in [0.25, 0.3) is 31.1 Å². The molecule has 39 heavy (non-hydrogen) atoms. The van der Waals surface area contributed by atoms with Gasteiger partial charge in [-0.25, -0.2) is 14.5 Å². The molecule has 0 unspecified atom stereocenters. The van der Waals surface area contributed by atoms with Crippen LogP contribution in [-0.2, 0) is 0 Å². The van der Waals surface area contributed by atoms with Gasteiger partial charge in [0.1, 0.15) is 13.7 Å². The summed E-state index contributed by atoms with van der Waals surface area (Å²) < 4.78 is 25.8. The van der Waals surface area contributed by atoms with Gasteiger partial charge in [-0.1, -0.05) is 22.7 Å². The van der Waals surface area contributed by atoms with E-state index in [1.807, 2.05) is 61.0 Å². The van der Waals surface area contributed by atoms with Crippen molar-refractivity contribution in [1.29, 1.82) is 0 Å². The van der Waals surface area contributed by atoms with Crippen LogP contribution >= 0.6 is 45.3 Å². The number of hydrogen-bond donors (Lipinski definition) is 0.